The van der Waals surface area contributed by atoms with Gasteiger partial charge in [-0.1, -0.05) is 51.3 Å². The molecule has 1 aliphatic heterocycles. The van der Waals surface area contributed by atoms with Gasteiger partial charge < -0.3 is 9.84 Å². The highest BCUT2D eigenvalue weighted by molar-refractivity contribution is 6.03. The van der Waals surface area contributed by atoms with Crippen LogP contribution in [0.5, 0.6) is 0 Å². The number of hydrogen-bond donors (Lipinski definition) is 1. The van der Waals surface area contributed by atoms with Gasteiger partial charge in [-0.15, -0.1) is 0 Å². The number of carbonyl (C=O) groups is 1. The van der Waals surface area contributed by atoms with Gasteiger partial charge in [0, 0.05) is 12.5 Å². The third-order valence-electron chi connectivity index (χ3n) is 4.31. The van der Waals surface area contributed by atoms with Gasteiger partial charge in [-0.25, -0.2) is 0 Å². The number of rotatable bonds is 7. The van der Waals surface area contributed by atoms with E-state index in [-0.39, 0.29) is 5.78 Å². The number of ketones is 1. The van der Waals surface area contributed by atoms with Crippen LogP contribution in [-0.2, 0) is 9.53 Å². The molecule has 1 unspecified atom stereocenters. The van der Waals surface area contributed by atoms with Gasteiger partial charge in [0.15, 0.2) is 0 Å². The first-order valence-electron chi connectivity index (χ1n) is 8.62. The Kier molecular flexibility index (Phi) is 6.82. The average molecular weight is 320 g/mol. The molecule has 0 radical (unpaired) electrons. The van der Waals surface area contributed by atoms with E-state index in [0.29, 0.717) is 17.3 Å². The van der Waals surface area contributed by atoms with Crippen LogP contribution >= 0.6 is 0 Å². The summed E-state index contributed by atoms with van der Waals surface area (Å²) in [6.45, 7) is 13.8. The zero-order chi connectivity index (χ0) is 17.8. The van der Waals surface area contributed by atoms with Crippen molar-refractivity contribution >= 4 is 5.78 Å². The third-order valence-corrected chi connectivity index (χ3v) is 4.31. The highest BCUT2D eigenvalue weighted by Crippen LogP contribution is 2.33. The lowest BCUT2D eigenvalue weighted by Gasteiger charge is -2.17. The Morgan fingerprint density at radius 3 is 2.43 bits per heavy atom. The molecule has 3 heteroatoms. The van der Waals surface area contributed by atoms with Crippen LogP contribution in [0, 0.1) is 11.8 Å². The molecule has 1 heterocycles. The van der Waals surface area contributed by atoms with E-state index in [4.69, 9.17) is 4.74 Å². The van der Waals surface area contributed by atoms with Gasteiger partial charge >= 0.3 is 0 Å². The minimum Gasteiger partial charge on any atom is -0.454 e. The summed E-state index contributed by atoms with van der Waals surface area (Å²) in [4.78, 5) is 11.9. The Hall–Kier alpha value is -1.35. The molecule has 130 valence electrons. The van der Waals surface area contributed by atoms with Crippen molar-refractivity contribution < 1.29 is 14.6 Å². The fourth-order valence-electron chi connectivity index (χ4n) is 3.37. The highest BCUT2D eigenvalue weighted by Gasteiger charge is 2.42. The Morgan fingerprint density at radius 2 is 1.96 bits per heavy atom. The number of aliphatic hydroxyl groups is 1. The quantitative estimate of drug-likeness (QED) is 0.677. The van der Waals surface area contributed by atoms with E-state index in [1.54, 1.807) is 6.92 Å². The zero-order valence-electron chi connectivity index (χ0n) is 15.7. The maximum absolute atomic E-state index is 11.9. The van der Waals surface area contributed by atoms with Gasteiger partial charge in [0.1, 0.15) is 5.76 Å². The topological polar surface area (TPSA) is 46.5 Å². The van der Waals surface area contributed by atoms with E-state index in [9.17, 15) is 9.90 Å². The van der Waals surface area contributed by atoms with Crippen LogP contribution in [0.25, 0.3) is 0 Å². The van der Waals surface area contributed by atoms with Crippen LogP contribution in [0.4, 0.5) is 0 Å². The Bertz CT molecular complexity index is 535. The second-order valence-electron chi connectivity index (χ2n) is 7.21. The van der Waals surface area contributed by atoms with Crippen molar-refractivity contribution in [2.24, 2.45) is 11.8 Å². The van der Waals surface area contributed by atoms with Crippen molar-refractivity contribution in [2.75, 3.05) is 0 Å². The Labute approximate surface area is 141 Å². The first-order valence-corrected chi connectivity index (χ1v) is 8.62. The lowest BCUT2D eigenvalue weighted by molar-refractivity contribution is -0.169. The molecule has 1 N–H and O–H groups in total. The van der Waals surface area contributed by atoms with Crippen molar-refractivity contribution in [1.29, 1.82) is 0 Å². The molecule has 3 atom stereocenters. The normalized spacial score (nSPS) is 25.7. The summed E-state index contributed by atoms with van der Waals surface area (Å²) in [7, 11) is 0. The standard InChI is InChI=1S/C20H32O3/c1-8-9-13(2)10-14(3)11-15(4)12-16(5)18-17(6)19(21)20(7,22)23-18/h11-14,22H,8-10H2,1-7H3/b15-11+,16-12-/t13-,14-,20?/m0/s1. The van der Waals surface area contributed by atoms with Crippen molar-refractivity contribution in [3.63, 3.8) is 0 Å². The van der Waals surface area contributed by atoms with Crippen LogP contribution in [0.3, 0.4) is 0 Å². The molecule has 1 aliphatic rings. The molecule has 0 saturated heterocycles. The summed E-state index contributed by atoms with van der Waals surface area (Å²) in [5.41, 5.74) is 2.51. The van der Waals surface area contributed by atoms with E-state index in [1.165, 1.54) is 26.2 Å². The maximum Gasteiger partial charge on any atom is 0.269 e. The van der Waals surface area contributed by atoms with Crippen molar-refractivity contribution in [3.8, 4) is 0 Å². The minimum atomic E-state index is -1.73. The molecule has 0 aromatic rings. The summed E-state index contributed by atoms with van der Waals surface area (Å²) >= 11 is 0. The smallest absolute Gasteiger partial charge is 0.269 e. The fraction of sp³-hybridized carbons (Fsp3) is 0.650. The van der Waals surface area contributed by atoms with Crippen LogP contribution in [0.1, 0.15) is 67.7 Å². The number of Topliss-reactive ketones (excluding diaryl/α,β-unsaturated/α-hetero) is 1. The molecule has 23 heavy (non-hydrogen) atoms. The predicted octanol–water partition coefficient (Wildman–Crippen LogP) is 4.92. The second kappa shape index (κ2) is 7.96. The minimum absolute atomic E-state index is 0.358. The molecule has 0 bridgehead atoms. The number of carbonyl (C=O) groups excluding carboxylic acids is 1. The van der Waals surface area contributed by atoms with Crippen LogP contribution in [-0.4, -0.2) is 16.7 Å². The van der Waals surface area contributed by atoms with Gasteiger partial charge in [-0.05, 0) is 44.6 Å². The summed E-state index contributed by atoms with van der Waals surface area (Å²) in [5, 5.41) is 9.93. The molecule has 0 saturated carbocycles. The van der Waals surface area contributed by atoms with Gasteiger partial charge in [-0.3, -0.25) is 4.79 Å². The summed E-state index contributed by atoms with van der Waals surface area (Å²) in [6, 6.07) is 0. The van der Waals surface area contributed by atoms with Gasteiger partial charge in [-0.2, -0.15) is 0 Å². The third kappa shape index (κ3) is 5.35. The number of allylic oxidation sites excluding steroid dienone is 4. The second-order valence-corrected chi connectivity index (χ2v) is 7.21. The van der Waals surface area contributed by atoms with Crippen molar-refractivity contribution in [1.82, 2.24) is 0 Å². The summed E-state index contributed by atoms with van der Waals surface area (Å²) in [6.07, 6.45) is 7.97. The van der Waals surface area contributed by atoms with Crippen LogP contribution < -0.4 is 0 Å². The fourth-order valence-corrected chi connectivity index (χ4v) is 3.37. The Morgan fingerprint density at radius 1 is 1.35 bits per heavy atom. The first kappa shape index (κ1) is 19.7. The predicted molar refractivity (Wildman–Crippen MR) is 94.8 cm³/mol. The van der Waals surface area contributed by atoms with Crippen LogP contribution in [0.15, 0.2) is 34.6 Å². The van der Waals surface area contributed by atoms with Gasteiger partial charge in [0.25, 0.3) is 5.79 Å². The molecule has 0 fully saturated rings. The summed E-state index contributed by atoms with van der Waals surface area (Å²) in [5.74, 6) is -0.331. The van der Waals surface area contributed by atoms with E-state index < -0.39 is 5.79 Å². The molecule has 1 rings (SSSR count). The lowest BCUT2D eigenvalue weighted by atomic mass is 9.92. The maximum atomic E-state index is 11.9. The number of hydrogen-bond acceptors (Lipinski definition) is 3. The monoisotopic (exact) mass is 320 g/mol. The molecule has 3 nitrogen and oxygen atoms in total. The summed E-state index contributed by atoms with van der Waals surface area (Å²) < 4.78 is 5.43. The molecule has 0 aromatic heterocycles. The van der Waals surface area contributed by atoms with E-state index in [1.807, 2.05) is 13.0 Å². The van der Waals surface area contributed by atoms with Crippen molar-refractivity contribution in [2.45, 2.75) is 73.5 Å². The van der Waals surface area contributed by atoms with E-state index >= 15 is 0 Å². The van der Waals surface area contributed by atoms with Crippen LogP contribution in [0.2, 0.25) is 0 Å². The first-order chi connectivity index (χ1) is 10.6. The molecule has 0 amide bonds. The SMILES string of the molecule is CCC[C@H](C)C[C@H](C)/C=C(C)/C=C(/C)C1=C(C)C(=O)C(C)(O)O1. The van der Waals surface area contributed by atoms with Crippen molar-refractivity contribution in [3.05, 3.63) is 34.6 Å². The Balaban J connectivity index is 2.82. The van der Waals surface area contributed by atoms with E-state index in [2.05, 4.69) is 33.8 Å². The van der Waals surface area contributed by atoms with Gasteiger partial charge in [0.2, 0.25) is 5.78 Å². The van der Waals surface area contributed by atoms with E-state index in [0.717, 1.165) is 17.1 Å². The van der Waals surface area contributed by atoms with Gasteiger partial charge in [0.05, 0.1) is 0 Å². The average Bonchev–Trinajstić information content (AvgIpc) is 2.62. The zero-order valence-corrected chi connectivity index (χ0v) is 15.7. The molecule has 0 aliphatic carbocycles. The molecular weight excluding hydrogens is 288 g/mol. The molecule has 0 spiro atoms. The largest absolute Gasteiger partial charge is 0.454 e. The number of ether oxygens (including phenoxy) is 1. The lowest BCUT2D eigenvalue weighted by Crippen LogP contribution is -2.32. The molecular formula is C20H32O3. The highest BCUT2D eigenvalue weighted by atomic mass is 16.6. The molecule has 0 aromatic carbocycles.